The van der Waals surface area contributed by atoms with Gasteiger partial charge in [0.1, 0.15) is 6.04 Å². The first-order valence-corrected chi connectivity index (χ1v) is 5.67. The second kappa shape index (κ2) is 9.23. The van der Waals surface area contributed by atoms with Gasteiger partial charge < -0.3 is 27.0 Å². The van der Waals surface area contributed by atoms with Gasteiger partial charge >= 0.3 is 11.9 Å². The van der Waals surface area contributed by atoms with Crippen molar-refractivity contribution in [1.29, 1.82) is 0 Å². The third-order valence-corrected chi connectivity index (χ3v) is 2.20. The summed E-state index contributed by atoms with van der Waals surface area (Å²) in [6, 6.07) is -0.701. The zero-order valence-corrected chi connectivity index (χ0v) is 10.1. The van der Waals surface area contributed by atoms with Gasteiger partial charge in [0.15, 0.2) is 5.96 Å². The van der Waals surface area contributed by atoms with Crippen molar-refractivity contribution in [2.24, 2.45) is 16.5 Å². The third kappa shape index (κ3) is 9.40. The molecule has 0 aromatic rings. The average Bonchev–Trinajstić information content (AvgIpc) is 2.25. The Morgan fingerprint density at radius 3 is 2.39 bits per heavy atom. The molecule has 8 nitrogen and oxygen atoms in total. The van der Waals surface area contributed by atoms with E-state index < -0.39 is 18.0 Å². The molecular formula is C10H20N4O4. The molecule has 0 rings (SSSR count). The largest absolute Gasteiger partial charge is 0.481 e. The monoisotopic (exact) mass is 260 g/mol. The van der Waals surface area contributed by atoms with Crippen LogP contribution in [0.25, 0.3) is 0 Å². The summed E-state index contributed by atoms with van der Waals surface area (Å²) >= 11 is 0. The molecule has 18 heavy (non-hydrogen) atoms. The minimum atomic E-state index is -0.963. The van der Waals surface area contributed by atoms with Gasteiger partial charge in [0.25, 0.3) is 0 Å². The number of nitrogens with zero attached hydrogens (tertiary/aromatic N) is 1. The van der Waals surface area contributed by atoms with Crippen LogP contribution in [0.15, 0.2) is 4.99 Å². The fourth-order valence-corrected chi connectivity index (χ4v) is 1.33. The molecule has 0 radical (unpaired) electrons. The highest BCUT2D eigenvalue weighted by Gasteiger charge is 2.15. The van der Waals surface area contributed by atoms with Crippen molar-refractivity contribution in [3.63, 3.8) is 0 Å². The lowest BCUT2D eigenvalue weighted by molar-refractivity contribution is -0.139. The molecule has 0 spiro atoms. The van der Waals surface area contributed by atoms with Crippen molar-refractivity contribution in [3.8, 4) is 0 Å². The Morgan fingerprint density at radius 1 is 1.22 bits per heavy atom. The van der Waals surface area contributed by atoms with Crippen LogP contribution in [0.3, 0.4) is 0 Å². The lowest BCUT2D eigenvalue weighted by atomic mass is 10.1. The van der Waals surface area contributed by atoms with Gasteiger partial charge in [0.2, 0.25) is 0 Å². The molecule has 0 aliphatic heterocycles. The van der Waals surface area contributed by atoms with Gasteiger partial charge in [-0.05, 0) is 25.8 Å². The third-order valence-electron chi connectivity index (χ3n) is 2.20. The Hall–Kier alpha value is -1.83. The molecule has 0 saturated heterocycles. The fourth-order valence-electron chi connectivity index (χ4n) is 1.33. The van der Waals surface area contributed by atoms with E-state index in [1.54, 1.807) is 0 Å². The van der Waals surface area contributed by atoms with Crippen LogP contribution in [0.4, 0.5) is 0 Å². The van der Waals surface area contributed by atoms with E-state index in [0.29, 0.717) is 32.4 Å². The number of carboxylic acids is 2. The molecule has 7 N–H and O–H groups in total. The number of nitrogens with one attached hydrogen (secondary N) is 1. The lowest BCUT2D eigenvalue weighted by Crippen LogP contribution is -2.37. The van der Waals surface area contributed by atoms with Crippen LogP contribution in [-0.2, 0) is 9.59 Å². The van der Waals surface area contributed by atoms with E-state index in [9.17, 15) is 9.59 Å². The van der Waals surface area contributed by atoms with E-state index in [1.165, 1.54) is 0 Å². The summed E-state index contributed by atoms with van der Waals surface area (Å²) in [5.74, 6) is -1.87. The van der Waals surface area contributed by atoms with Crippen LogP contribution in [0, 0.1) is 0 Å². The summed E-state index contributed by atoms with van der Waals surface area (Å²) in [4.78, 5) is 24.9. The summed E-state index contributed by atoms with van der Waals surface area (Å²) in [6.45, 7) is 0.731. The molecule has 1 atom stereocenters. The molecule has 104 valence electrons. The molecule has 0 unspecified atom stereocenters. The van der Waals surface area contributed by atoms with Crippen LogP contribution >= 0.6 is 0 Å². The SMILES string of the molecule is NC(N)=NCCC[C@H](NCCCC(=O)O)C(=O)O. The number of hydrogen-bond donors (Lipinski definition) is 5. The van der Waals surface area contributed by atoms with Gasteiger partial charge in [-0.1, -0.05) is 0 Å². The van der Waals surface area contributed by atoms with E-state index in [1.807, 2.05) is 0 Å². The van der Waals surface area contributed by atoms with Crippen LogP contribution in [0.5, 0.6) is 0 Å². The molecular weight excluding hydrogens is 240 g/mol. The highest BCUT2D eigenvalue weighted by Crippen LogP contribution is 1.99. The Morgan fingerprint density at radius 2 is 1.89 bits per heavy atom. The normalized spacial score (nSPS) is 11.8. The molecule has 0 aliphatic carbocycles. The van der Waals surface area contributed by atoms with E-state index in [-0.39, 0.29) is 12.4 Å². The zero-order valence-electron chi connectivity index (χ0n) is 10.1. The zero-order chi connectivity index (χ0) is 14.0. The van der Waals surface area contributed by atoms with Crippen molar-refractivity contribution in [2.75, 3.05) is 13.1 Å². The summed E-state index contributed by atoms with van der Waals surface area (Å²) in [7, 11) is 0. The number of aliphatic carboxylic acids is 2. The van der Waals surface area contributed by atoms with Gasteiger partial charge in [0, 0.05) is 13.0 Å². The van der Waals surface area contributed by atoms with Gasteiger partial charge in [-0.2, -0.15) is 0 Å². The maximum Gasteiger partial charge on any atom is 0.320 e. The predicted molar refractivity (Wildman–Crippen MR) is 66.2 cm³/mol. The van der Waals surface area contributed by atoms with Crippen LogP contribution in [-0.4, -0.2) is 47.2 Å². The number of carbonyl (C=O) groups is 2. The maximum atomic E-state index is 10.9. The van der Waals surface area contributed by atoms with Gasteiger partial charge in [-0.25, -0.2) is 0 Å². The molecule has 0 aliphatic rings. The molecule has 0 aromatic carbocycles. The minimum Gasteiger partial charge on any atom is -0.481 e. The number of nitrogens with two attached hydrogens (primary N) is 2. The highest BCUT2D eigenvalue weighted by atomic mass is 16.4. The summed E-state index contributed by atoms with van der Waals surface area (Å²) in [5, 5.41) is 20.1. The summed E-state index contributed by atoms with van der Waals surface area (Å²) < 4.78 is 0. The van der Waals surface area contributed by atoms with Crippen molar-refractivity contribution in [3.05, 3.63) is 0 Å². The first kappa shape index (κ1) is 16.2. The molecule has 8 heteroatoms. The molecule has 0 aromatic heterocycles. The minimum absolute atomic E-state index is 0.0173. The van der Waals surface area contributed by atoms with Crippen molar-refractivity contribution in [1.82, 2.24) is 5.32 Å². The predicted octanol–water partition coefficient (Wildman–Crippen LogP) is -1.05. The van der Waals surface area contributed by atoms with E-state index >= 15 is 0 Å². The highest BCUT2D eigenvalue weighted by molar-refractivity contribution is 5.75. The molecule has 0 bridgehead atoms. The quantitative estimate of drug-likeness (QED) is 0.191. The van der Waals surface area contributed by atoms with Crippen molar-refractivity contribution in [2.45, 2.75) is 31.7 Å². The fraction of sp³-hybridized carbons (Fsp3) is 0.700. The van der Waals surface area contributed by atoms with Crippen LogP contribution in [0.2, 0.25) is 0 Å². The van der Waals surface area contributed by atoms with E-state index in [4.69, 9.17) is 21.7 Å². The first-order chi connectivity index (χ1) is 8.43. The Kier molecular flexibility index (Phi) is 8.29. The second-order valence-corrected chi connectivity index (χ2v) is 3.79. The number of carboxylic acid groups (broad SMARTS) is 2. The number of guanidine groups is 1. The molecule has 0 saturated carbocycles. The average molecular weight is 260 g/mol. The van der Waals surface area contributed by atoms with Gasteiger partial charge in [-0.15, -0.1) is 0 Å². The molecule has 0 fully saturated rings. The van der Waals surface area contributed by atoms with Gasteiger partial charge in [-0.3, -0.25) is 14.6 Å². The van der Waals surface area contributed by atoms with E-state index in [2.05, 4.69) is 10.3 Å². The second-order valence-electron chi connectivity index (χ2n) is 3.79. The number of hydrogen-bond acceptors (Lipinski definition) is 4. The smallest absolute Gasteiger partial charge is 0.320 e. The Bertz CT molecular complexity index is 302. The number of rotatable bonds is 10. The lowest BCUT2D eigenvalue weighted by Gasteiger charge is -2.13. The summed E-state index contributed by atoms with van der Waals surface area (Å²) in [5.41, 5.74) is 10.3. The number of aliphatic imine (C=N–C) groups is 1. The Balaban J connectivity index is 3.82. The van der Waals surface area contributed by atoms with Crippen molar-refractivity contribution >= 4 is 17.9 Å². The molecule has 0 amide bonds. The first-order valence-electron chi connectivity index (χ1n) is 5.67. The topological polar surface area (TPSA) is 151 Å². The Labute approximate surface area is 105 Å². The van der Waals surface area contributed by atoms with E-state index in [0.717, 1.165) is 0 Å². The summed E-state index contributed by atoms with van der Waals surface area (Å²) in [6.07, 6.45) is 1.35. The van der Waals surface area contributed by atoms with Crippen LogP contribution in [0.1, 0.15) is 25.7 Å². The standard InChI is InChI=1S/C10H20N4O4/c11-10(12)14-6-1-3-7(9(17)18)13-5-2-4-8(15)16/h7,13H,1-6H2,(H,15,16)(H,17,18)(H4,11,12,14)/t7-/m0/s1. The van der Waals surface area contributed by atoms with Crippen molar-refractivity contribution < 1.29 is 19.8 Å². The molecule has 0 heterocycles. The van der Waals surface area contributed by atoms with Crippen LogP contribution < -0.4 is 16.8 Å². The maximum absolute atomic E-state index is 10.9. The van der Waals surface area contributed by atoms with Gasteiger partial charge in [0.05, 0.1) is 0 Å².